The third-order valence-electron chi connectivity index (χ3n) is 3.64. The van der Waals surface area contributed by atoms with Crippen molar-refractivity contribution in [2.24, 2.45) is 0 Å². The zero-order chi connectivity index (χ0) is 16.4. The number of rotatable bonds is 4. The highest BCUT2D eigenvalue weighted by molar-refractivity contribution is 5.84. The molecule has 0 saturated carbocycles. The summed E-state index contributed by atoms with van der Waals surface area (Å²) in [5.74, 6) is 0. The summed E-state index contributed by atoms with van der Waals surface area (Å²) >= 11 is 0. The van der Waals surface area contributed by atoms with Gasteiger partial charge < -0.3 is 5.11 Å². The molecule has 0 spiro atoms. The van der Waals surface area contributed by atoms with Crippen LogP contribution in [-0.2, 0) is 12.7 Å². The van der Waals surface area contributed by atoms with Crippen LogP contribution in [-0.4, -0.2) is 21.5 Å². The van der Waals surface area contributed by atoms with Crippen molar-refractivity contribution in [3.05, 3.63) is 54.2 Å². The standard InChI is InChI=1S/C17H15F3N2O/c18-17(19,20)15-5-2-1-4-14(15)12-6-7-13-11-22(8-3-9-23)21-16(13)10-12/h1-2,4-7,10-11,23H,3,8-9H2. The molecule has 0 bridgehead atoms. The van der Waals surface area contributed by atoms with E-state index in [1.165, 1.54) is 12.1 Å². The predicted molar refractivity (Wildman–Crippen MR) is 81.9 cm³/mol. The molecule has 6 heteroatoms. The molecular formula is C17H15F3N2O. The van der Waals surface area contributed by atoms with Crippen LogP contribution in [0.25, 0.3) is 22.0 Å². The van der Waals surface area contributed by atoms with E-state index < -0.39 is 11.7 Å². The monoisotopic (exact) mass is 320 g/mol. The molecular weight excluding hydrogens is 305 g/mol. The van der Waals surface area contributed by atoms with Gasteiger partial charge in [-0.25, -0.2) is 0 Å². The third kappa shape index (κ3) is 3.22. The first kappa shape index (κ1) is 15.6. The smallest absolute Gasteiger partial charge is 0.396 e. The van der Waals surface area contributed by atoms with E-state index in [1.807, 2.05) is 6.20 Å². The number of aliphatic hydroxyl groups is 1. The van der Waals surface area contributed by atoms with Gasteiger partial charge in [-0.1, -0.05) is 30.3 Å². The Morgan fingerprint density at radius 1 is 1.09 bits per heavy atom. The Hall–Kier alpha value is -2.34. The van der Waals surface area contributed by atoms with E-state index in [4.69, 9.17) is 5.11 Å². The Balaban J connectivity index is 2.04. The first-order valence-corrected chi connectivity index (χ1v) is 7.24. The summed E-state index contributed by atoms with van der Waals surface area (Å²) in [5, 5.41) is 14.1. The summed E-state index contributed by atoms with van der Waals surface area (Å²) < 4.78 is 41.1. The average molecular weight is 320 g/mol. The van der Waals surface area contributed by atoms with Gasteiger partial charge in [0.05, 0.1) is 11.1 Å². The second-order valence-corrected chi connectivity index (χ2v) is 5.29. The highest BCUT2D eigenvalue weighted by Crippen LogP contribution is 2.37. The van der Waals surface area contributed by atoms with Gasteiger partial charge >= 0.3 is 6.18 Å². The second kappa shape index (κ2) is 6.04. The number of aliphatic hydroxyl groups excluding tert-OH is 1. The number of alkyl halides is 3. The molecule has 0 atom stereocenters. The highest BCUT2D eigenvalue weighted by Gasteiger charge is 2.33. The zero-order valence-electron chi connectivity index (χ0n) is 12.2. The maximum absolute atomic E-state index is 13.1. The number of fused-ring (bicyclic) bond motifs is 1. The first-order chi connectivity index (χ1) is 11.0. The Morgan fingerprint density at radius 3 is 2.61 bits per heavy atom. The van der Waals surface area contributed by atoms with Crippen molar-refractivity contribution in [1.82, 2.24) is 9.78 Å². The van der Waals surface area contributed by atoms with Gasteiger partial charge in [0.15, 0.2) is 0 Å². The summed E-state index contributed by atoms with van der Waals surface area (Å²) in [5.41, 5.74) is 0.612. The Bertz CT molecular complexity index is 824. The molecule has 0 aliphatic rings. The van der Waals surface area contributed by atoms with Crippen molar-refractivity contribution < 1.29 is 18.3 Å². The SMILES string of the molecule is OCCCn1cc2ccc(-c3ccccc3C(F)(F)F)cc2n1. The lowest BCUT2D eigenvalue weighted by atomic mass is 9.98. The minimum atomic E-state index is -4.40. The molecule has 3 nitrogen and oxygen atoms in total. The topological polar surface area (TPSA) is 38.0 Å². The molecule has 1 aromatic heterocycles. The van der Waals surface area contributed by atoms with Crippen LogP contribution < -0.4 is 0 Å². The quantitative estimate of drug-likeness (QED) is 0.786. The molecule has 2 aromatic carbocycles. The van der Waals surface area contributed by atoms with Crippen LogP contribution in [0.15, 0.2) is 48.7 Å². The molecule has 0 aliphatic heterocycles. The van der Waals surface area contributed by atoms with Gasteiger partial charge in [0.1, 0.15) is 0 Å². The molecule has 23 heavy (non-hydrogen) atoms. The summed E-state index contributed by atoms with van der Waals surface area (Å²) in [7, 11) is 0. The molecule has 0 unspecified atom stereocenters. The fraction of sp³-hybridized carbons (Fsp3) is 0.235. The van der Waals surface area contributed by atoms with Gasteiger partial charge in [0.25, 0.3) is 0 Å². The number of hydrogen-bond acceptors (Lipinski definition) is 2. The van der Waals surface area contributed by atoms with E-state index in [2.05, 4.69) is 5.10 Å². The Kier molecular flexibility index (Phi) is 4.09. The molecule has 0 fully saturated rings. The number of aryl methyl sites for hydroxylation is 1. The van der Waals surface area contributed by atoms with E-state index in [-0.39, 0.29) is 12.2 Å². The van der Waals surface area contributed by atoms with Crippen molar-refractivity contribution in [3.8, 4) is 11.1 Å². The summed E-state index contributed by atoms with van der Waals surface area (Å²) in [6.45, 7) is 0.639. The molecule has 1 N–H and O–H groups in total. The van der Waals surface area contributed by atoms with Gasteiger partial charge in [0.2, 0.25) is 0 Å². The van der Waals surface area contributed by atoms with Gasteiger partial charge in [-0.2, -0.15) is 18.3 Å². The van der Waals surface area contributed by atoms with Gasteiger partial charge in [0, 0.05) is 24.7 Å². The molecule has 0 aliphatic carbocycles. The van der Waals surface area contributed by atoms with Crippen LogP contribution in [0.5, 0.6) is 0 Å². The van der Waals surface area contributed by atoms with Gasteiger partial charge in [-0.05, 0) is 29.7 Å². The zero-order valence-corrected chi connectivity index (χ0v) is 12.2. The van der Waals surface area contributed by atoms with Crippen molar-refractivity contribution in [2.75, 3.05) is 6.61 Å². The average Bonchev–Trinajstić information content (AvgIpc) is 2.94. The maximum Gasteiger partial charge on any atom is 0.417 e. The Labute approximate surface area is 131 Å². The fourth-order valence-electron chi connectivity index (χ4n) is 2.56. The minimum Gasteiger partial charge on any atom is -0.396 e. The lowest BCUT2D eigenvalue weighted by Gasteiger charge is -2.12. The third-order valence-corrected chi connectivity index (χ3v) is 3.64. The number of hydrogen-bond donors (Lipinski definition) is 1. The van der Waals surface area contributed by atoms with E-state index in [0.717, 1.165) is 11.5 Å². The molecule has 3 aromatic rings. The lowest BCUT2D eigenvalue weighted by Crippen LogP contribution is -2.06. The normalized spacial score (nSPS) is 12.0. The summed E-state index contributed by atoms with van der Waals surface area (Å²) in [4.78, 5) is 0. The Morgan fingerprint density at radius 2 is 1.87 bits per heavy atom. The molecule has 0 radical (unpaired) electrons. The molecule has 0 amide bonds. The van der Waals surface area contributed by atoms with Crippen LogP contribution in [0.3, 0.4) is 0 Å². The van der Waals surface area contributed by atoms with Crippen LogP contribution in [0, 0.1) is 0 Å². The van der Waals surface area contributed by atoms with E-state index in [9.17, 15) is 13.2 Å². The van der Waals surface area contributed by atoms with E-state index in [1.54, 1.807) is 28.9 Å². The summed E-state index contributed by atoms with van der Waals surface area (Å²) in [6, 6.07) is 10.6. The molecule has 0 saturated heterocycles. The fourth-order valence-corrected chi connectivity index (χ4v) is 2.56. The van der Waals surface area contributed by atoms with Crippen LogP contribution in [0.2, 0.25) is 0 Å². The first-order valence-electron chi connectivity index (χ1n) is 7.24. The van der Waals surface area contributed by atoms with E-state index in [0.29, 0.717) is 24.0 Å². The number of aromatic nitrogens is 2. The van der Waals surface area contributed by atoms with Crippen LogP contribution >= 0.6 is 0 Å². The number of halogens is 3. The largest absolute Gasteiger partial charge is 0.417 e. The van der Waals surface area contributed by atoms with Crippen molar-refractivity contribution in [2.45, 2.75) is 19.1 Å². The lowest BCUT2D eigenvalue weighted by molar-refractivity contribution is -0.137. The maximum atomic E-state index is 13.1. The molecule has 1 heterocycles. The van der Waals surface area contributed by atoms with Crippen LogP contribution in [0.1, 0.15) is 12.0 Å². The summed E-state index contributed by atoms with van der Waals surface area (Å²) in [6.07, 6.45) is -1.99. The second-order valence-electron chi connectivity index (χ2n) is 5.29. The van der Waals surface area contributed by atoms with E-state index >= 15 is 0 Å². The number of benzene rings is 2. The molecule has 120 valence electrons. The van der Waals surface area contributed by atoms with Crippen molar-refractivity contribution in [3.63, 3.8) is 0 Å². The van der Waals surface area contributed by atoms with Gasteiger partial charge in [-0.15, -0.1) is 0 Å². The van der Waals surface area contributed by atoms with Crippen LogP contribution in [0.4, 0.5) is 13.2 Å². The predicted octanol–water partition coefficient (Wildman–Crippen LogP) is 4.10. The van der Waals surface area contributed by atoms with Crippen molar-refractivity contribution >= 4 is 10.9 Å². The highest BCUT2D eigenvalue weighted by atomic mass is 19.4. The van der Waals surface area contributed by atoms with Gasteiger partial charge in [-0.3, -0.25) is 4.68 Å². The minimum absolute atomic E-state index is 0.0699. The molecule has 3 rings (SSSR count). The van der Waals surface area contributed by atoms with Crippen molar-refractivity contribution in [1.29, 1.82) is 0 Å². The number of nitrogens with zero attached hydrogens (tertiary/aromatic N) is 2.